The van der Waals surface area contributed by atoms with Crippen LogP contribution in [0, 0.1) is 0 Å². The molecule has 0 aliphatic rings. The summed E-state index contributed by atoms with van der Waals surface area (Å²) in [5.41, 5.74) is 0.929. The van der Waals surface area contributed by atoms with Crippen LogP contribution < -0.4 is 15.4 Å². The molecule has 5 nitrogen and oxygen atoms in total. The van der Waals surface area contributed by atoms with Gasteiger partial charge < -0.3 is 15.4 Å². The van der Waals surface area contributed by atoms with E-state index in [1.54, 1.807) is 0 Å². The number of anilines is 1. The van der Waals surface area contributed by atoms with Gasteiger partial charge in [-0.1, -0.05) is 18.2 Å². The summed E-state index contributed by atoms with van der Waals surface area (Å²) in [6, 6.07) is 9.62. The summed E-state index contributed by atoms with van der Waals surface area (Å²) >= 11 is 1.43. The summed E-state index contributed by atoms with van der Waals surface area (Å²) in [4.78, 5) is 16.2. The second kappa shape index (κ2) is 7.75. The Balaban J connectivity index is 1.75. The van der Waals surface area contributed by atoms with Gasteiger partial charge in [0.25, 0.3) is 0 Å². The van der Waals surface area contributed by atoms with Crippen molar-refractivity contribution in [2.45, 2.75) is 19.4 Å². The molecular weight excluding hydrogens is 286 g/mol. The van der Waals surface area contributed by atoms with Crippen molar-refractivity contribution in [2.75, 3.05) is 19.0 Å². The number of hydrogen-bond acceptors (Lipinski definition) is 5. The molecular formula is C15H19N3O2S. The number of carbonyl (C=O) groups excluding carboxylic acids is 1. The number of ether oxygens (including phenoxy) is 1. The Hall–Kier alpha value is -1.92. The van der Waals surface area contributed by atoms with Gasteiger partial charge in [-0.15, -0.1) is 11.3 Å². The highest BCUT2D eigenvalue weighted by molar-refractivity contribution is 7.13. The third kappa shape index (κ3) is 4.84. The van der Waals surface area contributed by atoms with Gasteiger partial charge in [-0.3, -0.25) is 4.79 Å². The molecule has 0 aliphatic carbocycles. The van der Waals surface area contributed by atoms with Crippen LogP contribution in [0.5, 0.6) is 5.75 Å². The fourth-order valence-corrected chi connectivity index (χ4v) is 2.47. The first-order chi connectivity index (χ1) is 10.2. The second-order valence-electron chi connectivity index (χ2n) is 4.55. The predicted molar refractivity (Wildman–Crippen MR) is 84.8 cm³/mol. The van der Waals surface area contributed by atoms with Gasteiger partial charge in [0.15, 0.2) is 5.13 Å². The Bertz CT molecular complexity index is 571. The van der Waals surface area contributed by atoms with E-state index >= 15 is 0 Å². The largest absolute Gasteiger partial charge is 0.493 e. The van der Waals surface area contributed by atoms with Gasteiger partial charge in [-0.25, -0.2) is 4.98 Å². The quantitative estimate of drug-likeness (QED) is 0.825. The van der Waals surface area contributed by atoms with E-state index in [4.69, 9.17) is 4.74 Å². The molecule has 1 unspecified atom stereocenters. The van der Waals surface area contributed by atoms with Crippen LogP contribution in [0.25, 0.3) is 0 Å². The standard InChI is InChI=1S/C15H19N3O2S/c1-11(16-2)13-10-21-15(17-13)18-14(19)8-9-20-12-6-4-3-5-7-12/h3-7,10-11,16H,8-9H2,1-2H3,(H,17,18,19). The Morgan fingerprint density at radius 3 is 2.86 bits per heavy atom. The average molecular weight is 305 g/mol. The van der Waals surface area contributed by atoms with E-state index < -0.39 is 0 Å². The van der Waals surface area contributed by atoms with E-state index in [1.165, 1.54) is 11.3 Å². The lowest BCUT2D eigenvalue weighted by molar-refractivity contribution is -0.116. The number of thiazole rings is 1. The first-order valence-electron chi connectivity index (χ1n) is 6.79. The number of para-hydroxylation sites is 1. The van der Waals surface area contributed by atoms with Crippen molar-refractivity contribution in [3.05, 3.63) is 41.4 Å². The van der Waals surface area contributed by atoms with Crippen molar-refractivity contribution < 1.29 is 9.53 Å². The highest BCUT2D eigenvalue weighted by Gasteiger charge is 2.10. The maximum atomic E-state index is 11.8. The lowest BCUT2D eigenvalue weighted by Gasteiger charge is -2.06. The lowest BCUT2D eigenvalue weighted by atomic mass is 10.3. The second-order valence-corrected chi connectivity index (χ2v) is 5.41. The third-order valence-electron chi connectivity index (χ3n) is 2.99. The summed E-state index contributed by atoms with van der Waals surface area (Å²) in [5.74, 6) is 0.675. The van der Waals surface area contributed by atoms with Crippen LogP contribution in [0.2, 0.25) is 0 Å². The number of aromatic nitrogens is 1. The molecule has 0 fully saturated rings. The van der Waals surface area contributed by atoms with Gasteiger partial charge in [-0.2, -0.15) is 0 Å². The van der Waals surface area contributed by atoms with Crippen LogP contribution in [0.3, 0.4) is 0 Å². The first kappa shape index (κ1) is 15.5. The van der Waals surface area contributed by atoms with Gasteiger partial charge in [0.05, 0.1) is 18.7 Å². The Morgan fingerprint density at radius 2 is 2.14 bits per heavy atom. The van der Waals surface area contributed by atoms with Crippen molar-refractivity contribution in [2.24, 2.45) is 0 Å². The number of nitrogens with one attached hydrogen (secondary N) is 2. The number of nitrogens with zero attached hydrogens (tertiary/aromatic N) is 1. The minimum absolute atomic E-state index is 0.0936. The highest BCUT2D eigenvalue weighted by Crippen LogP contribution is 2.20. The Labute approximate surface area is 128 Å². The minimum atomic E-state index is -0.0936. The van der Waals surface area contributed by atoms with Crippen LogP contribution in [-0.2, 0) is 4.79 Å². The maximum Gasteiger partial charge on any atom is 0.229 e. The van der Waals surface area contributed by atoms with Crippen LogP contribution >= 0.6 is 11.3 Å². The monoisotopic (exact) mass is 305 g/mol. The molecule has 2 rings (SSSR count). The molecule has 2 aromatic rings. The molecule has 1 amide bonds. The van der Waals surface area contributed by atoms with Crippen molar-refractivity contribution in [3.8, 4) is 5.75 Å². The van der Waals surface area contributed by atoms with E-state index in [9.17, 15) is 4.79 Å². The molecule has 2 N–H and O–H groups in total. The van der Waals surface area contributed by atoms with Gasteiger partial charge in [0.2, 0.25) is 5.91 Å². The number of amides is 1. The first-order valence-corrected chi connectivity index (χ1v) is 7.67. The molecule has 1 aromatic carbocycles. The summed E-state index contributed by atoms with van der Waals surface area (Å²) in [6.07, 6.45) is 0.297. The molecule has 0 saturated heterocycles. The SMILES string of the molecule is CNC(C)c1csc(NC(=O)CCOc2ccccc2)n1. The third-order valence-corrected chi connectivity index (χ3v) is 3.76. The molecule has 0 radical (unpaired) electrons. The molecule has 112 valence electrons. The summed E-state index contributed by atoms with van der Waals surface area (Å²) in [6.45, 7) is 2.37. The van der Waals surface area contributed by atoms with E-state index in [1.807, 2.05) is 49.7 Å². The molecule has 0 aliphatic heterocycles. The smallest absolute Gasteiger partial charge is 0.229 e. The molecule has 1 aromatic heterocycles. The number of carbonyl (C=O) groups is 1. The fourth-order valence-electron chi connectivity index (χ4n) is 1.65. The van der Waals surface area contributed by atoms with Crippen LogP contribution in [0.1, 0.15) is 25.1 Å². The van der Waals surface area contributed by atoms with E-state index in [0.29, 0.717) is 18.2 Å². The summed E-state index contributed by atoms with van der Waals surface area (Å²) in [5, 5.41) is 8.46. The van der Waals surface area contributed by atoms with Gasteiger partial charge in [-0.05, 0) is 26.1 Å². The van der Waals surface area contributed by atoms with Crippen molar-refractivity contribution in [1.82, 2.24) is 10.3 Å². The number of hydrogen-bond donors (Lipinski definition) is 2. The molecule has 0 bridgehead atoms. The molecule has 1 heterocycles. The molecule has 1 atom stereocenters. The van der Waals surface area contributed by atoms with Crippen molar-refractivity contribution >= 4 is 22.4 Å². The zero-order chi connectivity index (χ0) is 15.1. The van der Waals surface area contributed by atoms with Crippen LogP contribution in [0.15, 0.2) is 35.7 Å². The van der Waals surface area contributed by atoms with Gasteiger partial charge in [0.1, 0.15) is 5.75 Å². The molecule has 21 heavy (non-hydrogen) atoms. The van der Waals surface area contributed by atoms with E-state index in [0.717, 1.165) is 11.4 Å². The van der Waals surface area contributed by atoms with Gasteiger partial charge in [0, 0.05) is 11.4 Å². The normalized spacial score (nSPS) is 11.9. The number of rotatable bonds is 7. The summed E-state index contributed by atoms with van der Waals surface area (Å²) < 4.78 is 5.49. The van der Waals surface area contributed by atoms with Crippen molar-refractivity contribution in [3.63, 3.8) is 0 Å². The molecule has 6 heteroatoms. The number of benzene rings is 1. The van der Waals surface area contributed by atoms with Crippen molar-refractivity contribution in [1.29, 1.82) is 0 Å². The zero-order valence-corrected chi connectivity index (χ0v) is 12.9. The Kier molecular flexibility index (Phi) is 5.71. The van der Waals surface area contributed by atoms with Crippen LogP contribution in [-0.4, -0.2) is 24.5 Å². The van der Waals surface area contributed by atoms with E-state index in [-0.39, 0.29) is 11.9 Å². The van der Waals surface area contributed by atoms with Gasteiger partial charge >= 0.3 is 0 Å². The minimum Gasteiger partial charge on any atom is -0.493 e. The lowest BCUT2D eigenvalue weighted by Crippen LogP contribution is -2.16. The highest BCUT2D eigenvalue weighted by atomic mass is 32.1. The maximum absolute atomic E-state index is 11.8. The topological polar surface area (TPSA) is 63.2 Å². The van der Waals surface area contributed by atoms with E-state index in [2.05, 4.69) is 15.6 Å². The van der Waals surface area contributed by atoms with Crippen LogP contribution in [0.4, 0.5) is 5.13 Å². The predicted octanol–water partition coefficient (Wildman–Crippen LogP) is 2.83. The average Bonchev–Trinajstić information content (AvgIpc) is 2.96. The molecule has 0 spiro atoms. The fraction of sp³-hybridized carbons (Fsp3) is 0.333. The zero-order valence-electron chi connectivity index (χ0n) is 12.1. The summed E-state index contributed by atoms with van der Waals surface area (Å²) in [7, 11) is 1.88. The Morgan fingerprint density at radius 1 is 1.38 bits per heavy atom. The molecule has 0 saturated carbocycles.